The highest BCUT2D eigenvalue weighted by Crippen LogP contribution is 2.66. The van der Waals surface area contributed by atoms with E-state index in [9.17, 15) is 9.59 Å². The van der Waals surface area contributed by atoms with E-state index in [-0.39, 0.29) is 10.8 Å². The summed E-state index contributed by atoms with van der Waals surface area (Å²) >= 11 is 0. The quantitative estimate of drug-likeness (QED) is 0.335. The van der Waals surface area contributed by atoms with Gasteiger partial charge in [-0.3, -0.25) is 9.63 Å². The molecule has 2 N–H and O–H groups in total. The zero-order valence-corrected chi connectivity index (χ0v) is 21.5. The van der Waals surface area contributed by atoms with Gasteiger partial charge < -0.3 is 10.6 Å². The van der Waals surface area contributed by atoms with E-state index >= 15 is 0 Å². The number of rotatable bonds is 4. The Kier molecular flexibility index (Phi) is 6.41. The predicted octanol–water partition coefficient (Wildman–Crippen LogP) is 5.23. The Bertz CT molecular complexity index is 897. The van der Waals surface area contributed by atoms with Crippen molar-refractivity contribution in [2.75, 3.05) is 13.1 Å². The Hall–Kier alpha value is -1.69. The summed E-state index contributed by atoms with van der Waals surface area (Å²) in [6, 6.07) is 0.326. The van der Waals surface area contributed by atoms with E-state index in [4.69, 9.17) is 4.84 Å². The van der Waals surface area contributed by atoms with Gasteiger partial charge in [-0.15, -0.1) is 0 Å². The highest BCUT2D eigenvalue weighted by atomic mass is 16.7. The number of hydrogen-bond donors (Lipinski definition) is 2. The van der Waals surface area contributed by atoms with Gasteiger partial charge in [0.1, 0.15) is 0 Å². The molecule has 1 heterocycles. The lowest BCUT2D eigenvalue weighted by molar-refractivity contribution is -0.117. The number of hydrogen-bond acceptors (Lipinski definition) is 5. The summed E-state index contributed by atoms with van der Waals surface area (Å²) in [5.41, 5.74) is 2.84. The number of allylic oxidation sites excluding steroid dienone is 1. The van der Waals surface area contributed by atoms with Gasteiger partial charge in [0.2, 0.25) is 0 Å². The fraction of sp³-hybridized carbons (Fsp3) is 0.821. The highest BCUT2D eigenvalue weighted by molar-refractivity contribution is 5.91. The van der Waals surface area contributed by atoms with E-state index in [0.29, 0.717) is 42.0 Å². The molecule has 1 saturated heterocycles. The maximum absolute atomic E-state index is 12.2. The average Bonchev–Trinajstić information content (AvgIpc) is 3.39. The normalized spacial score (nSPS) is 44.1. The molecule has 34 heavy (non-hydrogen) atoms. The number of amides is 1. The second-order valence-corrected chi connectivity index (χ2v) is 12.6. The Labute approximate surface area is 204 Å². The van der Waals surface area contributed by atoms with Crippen molar-refractivity contribution < 1.29 is 14.4 Å². The largest absolute Gasteiger partial charge is 0.433 e. The second kappa shape index (κ2) is 9.07. The number of oxime groups is 1. The summed E-state index contributed by atoms with van der Waals surface area (Å²) in [4.78, 5) is 29.6. The van der Waals surface area contributed by atoms with E-state index in [1.54, 1.807) is 0 Å². The summed E-state index contributed by atoms with van der Waals surface area (Å²) in [7, 11) is 0. The van der Waals surface area contributed by atoms with Gasteiger partial charge in [-0.05, 0) is 105 Å². The molecule has 6 heteroatoms. The fourth-order valence-corrected chi connectivity index (χ4v) is 8.84. The van der Waals surface area contributed by atoms with Crippen molar-refractivity contribution in [1.29, 1.82) is 0 Å². The molecular weight excluding hydrogens is 426 g/mol. The van der Waals surface area contributed by atoms with E-state index in [2.05, 4.69) is 36.6 Å². The average molecular weight is 470 g/mol. The summed E-state index contributed by atoms with van der Waals surface area (Å²) in [6.07, 6.45) is 11.5. The van der Waals surface area contributed by atoms with Crippen molar-refractivity contribution in [2.45, 2.75) is 91.5 Å². The molecule has 6 nitrogen and oxygen atoms in total. The van der Waals surface area contributed by atoms with Gasteiger partial charge in [-0.25, -0.2) is 4.79 Å². The molecule has 0 aromatic carbocycles. The van der Waals surface area contributed by atoms with E-state index in [1.165, 1.54) is 31.3 Å². The van der Waals surface area contributed by atoms with Crippen LogP contribution in [0.4, 0.5) is 4.79 Å². The fourth-order valence-electron chi connectivity index (χ4n) is 8.84. The highest BCUT2D eigenvalue weighted by Gasteiger charge is 2.59. The Morgan fingerprint density at radius 1 is 1.18 bits per heavy atom. The molecule has 1 aliphatic heterocycles. The van der Waals surface area contributed by atoms with Crippen molar-refractivity contribution in [1.82, 2.24) is 10.6 Å². The van der Waals surface area contributed by atoms with Gasteiger partial charge in [0.25, 0.3) is 0 Å². The molecule has 4 aliphatic carbocycles. The van der Waals surface area contributed by atoms with Crippen LogP contribution in [-0.2, 0) is 9.63 Å². The standard InChI is InChI=1S/C28H43N3O3/c1-17-13-20(29-15-17)16-30-26(33)34-31-18(2)23-7-8-24-22-6-5-19-14-21(32)9-11-27(19,3)25(22)10-12-28(23,24)4/h14,17,20,22-25,29H,5-13,15-16H2,1-4H3,(H,30,33)/b31-18+/t17?,20?,22-,23+,24-,25-,27-,28+/m0/s1. The molecule has 0 bridgehead atoms. The Morgan fingerprint density at radius 3 is 2.76 bits per heavy atom. The lowest BCUT2D eigenvalue weighted by Crippen LogP contribution is -2.51. The van der Waals surface area contributed by atoms with Crippen LogP contribution in [0.3, 0.4) is 0 Å². The lowest BCUT2D eigenvalue weighted by atomic mass is 9.46. The Balaban J connectivity index is 1.22. The van der Waals surface area contributed by atoms with Crippen LogP contribution in [0.15, 0.2) is 16.8 Å². The number of carbonyl (C=O) groups excluding carboxylic acids is 2. The Morgan fingerprint density at radius 2 is 2.00 bits per heavy atom. The molecule has 5 aliphatic rings. The maximum Gasteiger partial charge on any atom is 0.433 e. The molecule has 2 unspecified atom stereocenters. The zero-order chi connectivity index (χ0) is 24.1. The second-order valence-electron chi connectivity index (χ2n) is 12.6. The van der Waals surface area contributed by atoms with Gasteiger partial charge in [0, 0.05) is 24.9 Å². The molecule has 4 fully saturated rings. The van der Waals surface area contributed by atoms with Crippen LogP contribution >= 0.6 is 0 Å². The van der Waals surface area contributed by atoms with Crippen LogP contribution in [0.1, 0.15) is 85.5 Å². The van der Waals surface area contributed by atoms with Gasteiger partial charge in [0.05, 0.1) is 5.71 Å². The van der Waals surface area contributed by atoms with Crippen molar-refractivity contribution in [3.8, 4) is 0 Å². The van der Waals surface area contributed by atoms with Crippen molar-refractivity contribution in [3.05, 3.63) is 11.6 Å². The first-order chi connectivity index (χ1) is 16.2. The summed E-state index contributed by atoms with van der Waals surface area (Å²) in [5, 5.41) is 10.6. The number of fused-ring (bicyclic) bond motifs is 5. The molecule has 8 atom stereocenters. The third-order valence-corrected chi connectivity index (χ3v) is 10.7. The molecular formula is C28H43N3O3. The third kappa shape index (κ3) is 4.14. The van der Waals surface area contributed by atoms with Gasteiger partial charge >= 0.3 is 6.09 Å². The molecule has 5 rings (SSSR count). The molecule has 0 spiro atoms. The van der Waals surface area contributed by atoms with Gasteiger partial charge in [-0.1, -0.05) is 31.5 Å². The van der Waals surface area contributed by atoms with Crippen LogP contribution in [0, 0.1) is 40.4 Å². The van der Waals surface area contributed by atoms with Crippen LogP contribution in [0.2, 0.25) is 0 Å². The van der Waals surface area contributed by atoms with Gasteiger partial charge in [0.15, 0.2) is 5.78 Å². The third-order valence-electron chi connectivity index (χ3n) is 10.7. The maximum atomic E-state index is 12.2. The first-order valence-corrected chi connectivity index (χ1v) is 13.7. The van der Waals surface area contributed by atoms with Crippen molar-refractivity contribution in [2.24, 2.45) is 45.6 Å². The van der Waals surface area contributed by atoms with E-state index in [0.717, 1.165) is 50.3 Å². The molecule has 0 aromatic heterocycles. The topological polar surface area (TPSA) is 79.8 Å². The molecule has 1 amide bonds. The SMILES string of the molecule is C/C(=N\OC(=O)NCC1CC(C)CN1)[C@H]1CC[C@H]2[C@@H]3CCC4=CC(=O)CC[C@]4(C)[C@H]3CC[C@]12C. The van der Waals surface area contributed by atoms with Crippen LogP contribution in [0.5, 0.6) is 0 Å². The van der Waals surface area contributed by atoms with Crippen molar-refractivity contribution in [3.63, 3.8) is 0 Å². The smallest absolute Gasteiger partial charge is 0.318 e. The minimum atomic E-state index is -0.449. The number of nitrogens with zero attached hydrogens (tertiary/aromatic N) is 1. The lowest BCUT2D eigenvalue weighted by Gasteiger charge is -2.58. The zero-order valence-electron chi connectivity index (χ0n) is 21.5. The molecule has 188 valence electrons. The van der Waals surface area contributed by atoms with Gasteiger partial charge in [-0.2, -0.15) is 0 Å². The number of nitrogens with one attached hydrogen (secondary N) is 2. The van der Waals surface area contributed by atoms with Crippen LogP contribution < -0.4 is 10.6 Å². The van der Waals surface area contributed by atoms with E-state index < -0.39 is 6.09 Å². The minimum absolute atomic E-state index is 0.215. The monoisotopic (exact) mass is 469 g/mol. The van der Waals surface area contributed by atoms with E-state index in [1.807, 2.05) is 13.0 Å². The summed E-state index contributed by atoms with van der Waals surface area (Å²) in [5.74, 6) is 3.49. The summed E-state index contributed by atoms with van der Waals surface area (Å²) in [6.45, 7) is 10.8. The first-order valence-electron chi connectivity index (χ1n) is 13.7. The first kappa shape index (κ1) is 24.0. The molecule has 0 radical (unpaired) electrons. The van der Waals surface area contributed by atoms with Crippen molar-refractivity contribution >= 4 is 17.6 Å². The van der Waals surface area contributed by atoms with Crippen LogP contribution in [0.25, 0.3) is 0 Å². The molecule has 0 aromatic rings. The molecule has 3 saturated carbocycles. The predicted molar refractivity (Wildman–Crippen MR) is 133 cm³/mol. The van der Waals surface area contributed by atoms with Crippen LogP contribution in [-0.4, -0.2) is 36.7 Å². The summed E-state index contributed by atoms with van der Waals surface area (Å²) < 4.78 is 0. The number of carbonyl (C=O) groups is 2. The minimum Gasteiger partial charge on any atom is -0.318 e. The number of ketones is 1.